The van der Waals surface area contributed by atoms with Crippen molar-refractivity contribution >= 4 is 30.1 Å². The van der Waals surface area contributed by atoms with Crippen LogP contribution in [0.15, 0.2) is 73.6 Å². The standard InChI is InChI=1S/C21H23N3Si/c1-16-10-8-13-19(20(16)24-21-22-14-9-15-23-21)17(2)25(3,4)18-11-6-5-7-12-18/h5-15H,2H2,1,3-4H3,(H,22,23,24). The van der Waals surface area contributed by atoms with E-state index in [0.717, 1.165) is 16.8 Å². The number of hydrogen-bond donors (Lipinski definition) is 1. The SMILES string of the molecule is C=C(c1cccc(C)c1Nc1ncccn1)[Si](C)(C)c1ccccc1. The van der Waals surface area contributed by atoms with Crippen molar-refractivity contribution in [2.24, 2.45) is 0 Å². The molecule has 0 saturated heterocycles. The van der Waals surface area contributed by atoms with E-state index < -0.39 is 8.07 Å². The van der Waals surface area contributed by atoms with Gasteiger partial charge in [0.25, 0.3) is 0 Å². The van der Waals surface area contributed by atoms with Gasteiger partial charge in [0.1, 0.15) is 8.07 Å². The summed E-state index contributed by atoms with van der Waals surface area (Å²) < 4.78 is 0. The van der Waals surface area contributed by atoms with Crippen molar-refractivity contribution in [1.29, 1.82) is 0 Å². The Morgan fingerprint density at radius 3 is 2.28 bits per heavy atom. The van der Waals surface area contributed by atoms with Crippen LogP contribution in [0, 0.1) is 6.92 Å². The number of para-hydroxylation sites is 1. The van der Waals surface area contributed by atoms with E-state index in [1.54, 1.807) is 12.4 Å². The molecule has 3 nitrogen and oxygen atoms in total. The Balaban J connectivity index is 2.02. The van der Waals surface area contributed by atoms with Gasteiger partial charge in [0.15, 0.2) is 0 Å². The lowest BCUT2D eigenvalue weighted by molar-refractivity contribution is 1.16. The van der Waals surface area contributed by atoms with Crippen molar-refractivity contribution in [1.82, 2.24) is 9.97 Å². The summed E-state index contributed by atoms with van der Waals surface area (Å²) in [5.74, 6) is 0.602. The van der Waals surface area contributed by atoms with Crippen LogP contribution in [0.2, 0.25) is 13.1 Å². The zero-order valence-corrected chi connectivity index (χ0v) is 16.0. The maximum Gasteiger partial charge on any atom is 0.227 e. The van der Waals surface area contributed by atoms with Gasteiger partial charge >= 0.3 is 0 Å². The molecule has 3 aromatic rings. The fourth-order valence-corrected chi connectivity index (χ4v) is 5.18. The van der Waals surface area contributed by atoms with Gasteiger partial charge in [-0.1, -0.05) is 78.6 Å². The minimum Gasteiger partial charge on any atom is -0.323 e. The lowest BCUT2D eigenvalue weighted by atomic mass is 10.1. The van der Waals surface area contributed by atoms with Crippen molar-refractivity contribution in [3.8, 4) is 0 Å². The van der Waals surface area contributed by atoms with Gasteiger partial charge in [-0.3, -0.25) is 0 Å². The van der Waals surface area contributed by atoms with Crippen LogP contribution in [0.3, 0.4) is 0 Å². The van der Waals surface area contributed by atoms with Crippen LogP contribution >= 0.6 is 0 Å². The van der Waals surface area contributed by atoms with E-state index in [1.807, 2.05) is 6.07 Å². The van der Waals surface area contributed by atoms with Crippen molar-refractivity contribution < 1.29 is 0 Å². The van der Waals surface area contributed by atoms with Gasteiger partial charge in [-0.15, -0.1) is 0 Å². The number of benzene rings is 2. The van der Waals surface area contributed by atoms with Gasteiger partial charge in [0, 0.05) is 12.4 Å². The Morgan fingerprint density at radius 1 is 0.920 bits per heavy atom. The van der Waals surface area contributed by atoms with Gasteiger partial charge in [-0.25, -0.2) is 9.97 Å². The van der Waals surface area contributed by atoms with Gasteiger partial charge in [-0.05, 0) is 24.1 Å². The van der Waals surface area contributed by atoms with E-state index in [-0.39, 0.29) is 0 Å². The number of nitrogens with zero attached hydrogens (tertiary/aromatic N) is 2. The van der Waals surface area contributed by atoms with E-state index in [4.69, 9.17) is 0 Å². The highest BCUT2D eigenvalue weighted by molar-refractivity contribution is 7.04. The molecule has 0 fully saturated rings. The number of rotatable bonds is 5. The molecule has 0 aliphatic carbocycles. The summed E-state index contributed by atoms with van der Waals surface area (Å²) in [7, 11) is -1.87. The Bertz CT molecular complexity index is 874. The normalized spacial score (nSPS) is 11.2. The first-order chi connectivity index (χ1) is 12.0. The highest BCUT2D eigenvalue weighted by atomic mass is 28.3. The zero-order valence-electron chi connectivity index (χ0n) is 15.0. The molecule has 126 valence electrons. The highest BCUT2D eigenvalue weighted by Gasteiger charge is 2.29. The minimum absolute atomic E-state index is 0.602. The molecule has 1 heterocycles. The van der Waals surface area contributed by atoms with Crippen LogP contribution in [0.5, 0.6) is 0 Å². The first kappa shape index (κ1) is 17.1. The van der Waals surface area contributed by atoms with Crippen LogP contribution in [0.1, 0.15) is 11.1 Å². The number of aromatic nitrogens is 2. The number of hydrogen-bond acceptors (Lipinski definition) is 3. The summed E-state index contributed by atoms with van der Waals surface area (Å²) in [5, 5.41) is 5.96. The van der Waals surface area contributed by atoms with E-state index in [1.165, 1.54) is 10.4 Å². The third-order valence-corrected chi connectivity index (χ3v) is 8.21. The topological polar surface area (TPSA) is 37.8 Å². The second kappa shape index (κ2) is 7.03. The van der Waals surface area contributed by atoms with Crippen LogP contribution in [-0.4, -0.2) is 18.0 Å². The molecule has 1 N–H and O–H groups in total. The van der Waals surface area contributed by atoms with Crippen molar-refractivity contribution in [2.45, 2.75) is 20.0 Å². The van der Waals surface area contributed by atoms with E-state index in [0.29, 0.717) is 5.95 Å². The second-order valence-electron chi connectivity index (χ2n) is 6.66. The molecule has 3 rings (SSSR count). The molecule has 0 unspecified atom stereocenters. The Hall–Kier alpha value is -2.72. The van der Waals surface area contributed by atoms with Crippen molar-refractivity contribution in [3.05, 3.63) is 84.7 Å². The lowest BCUT2D eigenvalue weighted by Gasteiger charge is -2.28. The molecule has 0 amide bonds. The number of aryl methyl sites for hydroxylation is 1. The summed E-state index contributed by atoms with van der Waals surface area (Å²) in [4.78, 5) is 8.59. The van der Waals surface area contributed by atoms with Crippen molar-refractivity contribution in [2.75, 3.05) is 5.32 Å². The molecular formula is C21H23N3Si. The molecule has 0 saturated carbocycles. The Morgan fingerprint density at radius 2 is 1.60 bits per heavy atom. The molecule has 25 heavy (non-hydrogen) atoms. The Kier molecular flexibility index (Phi) is 4.81. The molecule has 2 aromatic carbocycles. The summed E-state index contributed by atoms with van der Waals surface area (Å²) >= 11 is 0. The maximum absolute atomic E-state index is 4.50. The predicted molar refractivity (Wildman–Crippen MR) is 109 cm³/mol. The molecule has 0 spiro atoms. The van der Waals surface area contributed by atoms with E-state index in [9.17, 15) is 0 Å². The molecule has 0 atom stereocenters. The van der Waals surface area contributed by atoms with E-state index >= 15 is 0 Å². The number of nitrogens with one attached hydrogen (secondary N) is 1. The molecule has 0 bridgehead atoms. The zero-order chi connectivity index (χ0) is 17.9. The second-order valence-corrected chi connectivity index (χ2v) is 11.1. The van der Waals surface area contributed by atoms with Gasteiger partial charge in [0.2, 0.25) is 5.95 Å². The third-order valence-electron chi connectivity index (χ3n) is 4.65. The van der Waals surface area contributed by atoms with Gasteiger partial charge in [-0.2, -0.15) is 0 Å². The van der Waals surface area contributed by atoms with Gasteiger partial charge < -0.3 is 5.32 Å². The maximum atomic E-state index is 4.50. The number of anilines is 2. The molecule has 0 aliphatic heterocycles. The summed E-state index contributed by atoms with van der Waals surface area (Å²) in [6.45, 7) is 11.3. The fraction of sp³-hybridized carbons (Fsp3) is 0.143. The predicted octanol–water partition coefficient (Wildman–Crippen LogP) is 4.70. The average molecular weight is 346 g/mol. The van der Waals surface area contributed by atoms with E-state index in [2.05, 4.69) is 90.4 Å². The lowest BCUT2D eigenvalue weighted by Crippen LogP contribution is -2.42. The molecule has 4 heteroatoms. The van der Waals surface area contributed by atoms with Crippen LogP contribution in [0.4, 0.5) is 11.6 Å². The highest BCUT2D eigenvalue weighted by Crippen LogP contribution is 2.33. The largest absolute Gasteiger partial charge is 0.323 e. The average Bonchev–Trinajstić information content (AvgIpc) is 2.64. The molecule has 1 aromatic heterocycles. The Labute approximate surface area is 150 Å². The first-order valence-electron chi connectivity index (χ1n) is 8.39. The molecule has 0 aliphatic rings. The molecule has 0 radical (unpaired) electrons. The summed E-state index contributed by atoms with van der Waals surface area (Å²) in [5.41, 5.74) is 3.34. The summed E-state index contributed by atoms with van der Waals surface area (Å²) in [6, 6.07) is 18.8. The third kappa shape index (κ3) is 3.54. The van der Waals surface area contributed by atoms with Crippen LogP contribution in [-0.2, 0) is 0 Å². The first-order valence-corrected chi connectivity index (χ1v) is 11.4. The quantitative estimate of drug-likeness (QED) is 0.681. The van der Waals surface area contributed by atoms with Crippen molar-refractivity contribution in [3.63, 3.8) is 0 Å². The molecular weight excluding hydrogens is 322 g/mol. The monoisotopic (exact) mass is 345 g/mol. The smallest absolute Gasteiger partial charge is 0.227 e. The van der Waals surface area contributed by atoms with Gasteiger partial charge in [0.05, 0.1) is 5.69 Å². The van der Waals surface area contributed by atoms with Crippen LogP contribution in [0.25, 0.3) is 5.20 Å². The minimum atomic E-state index is -1.87. The fourth-order valence-electron chi connectivity index (χ4n) is 2.93. The summed E-state index contributed by atoms with van der Waals surface area (Å²) in [6.07, 6.45) is 3.48. The van der Waals surface area contributed by atoms with Crippen LogP contribution < -0.4 is 10.5 Å².